The first-order valence-electron chi connectivity index (χ1n) is 8.68. The quantitative estimate of drug-likeness (QED) is 0.595. The number of benzene rings is 2. The van der Waals surface area contributed by atoms with Crippen LogP contribution in [0.1, 0.15) is 35.3 Å². The van der Waals surface area contributed by atoms with Gasteiger partial charge in [0.15, 0.2) is 6.10 Å². The number of primary amides is 1. The van der Waals surface area contributed by atoms with Crippen molar-refractivity contribution in [3.05, 3.63) is 70.7 Å². The Morgan fingerprint density at radius 1 is 1.03 bits per heavy atom. The Kier molecular flexibility index (Phi) is 7.73. The molecule has 0 radical (unpaired) electrons. The Morgan fingerprint density at radius 3 is 2.28 bits per heavy atom. The molecule has 0 heterocycles. The summed E-state index contributed by atoms with van der Waals surface area (Å²) >= 11 is 6.06. The number of carbonyl (C=O) groups is 4. The molecule has 2 aromatic rings. The topological polar surface area (TPSA) is 128 Å². The van der Waals surface area contributed by atoms with Crippen molar-refractivity contribution < 1.29 is 23.9 Å². The van der Waals surface area contributed by atoms with E-state index in [1.54, 1.807) is 54.6 Å². The molecule has 2 rings (SSSR count). The molecule has 9 heteroatoms. The molecule has 29 heavy (non-hydrogen) atoms. The smallest absolute Gasteiger partial charge is 0.318 e. The highest BCUT2D eigenvalue weighted by Gasteiger charge is 2.24. The maximum absolute atomic E-state index is 12.6. The van der Waals surface area contributed by atoms with Gasteiger partial charge in [0.25, 0.3) is 11.8 Å². The number of amides is 4. The minimum Gasteiger partial charge on any atom is -0.452 e. The molecule has 0 bridgehead atoms. The summed E-state index contributed by atoms with van der Waals surface area (Å²) in [6.07, 6.45) is -1.47. The molecular formula is C20H20ClN3O5. The Bertz CT molecular complexity index is 904. The van der Waals surface area contributed by atoms with Gasteiger partial charge >= 0.3 is 12.0 Å². The highest BCUT2D eigenvalue weighted by Crippen LogP contribution is 2.21. The number of imide groups is 1. The average molecular weight is 418 g/mol. The lowest BCUT2D eigenvalue weighted by molar-refractivity contribution is -0.154. The largest absolute Gasteiger partial charge is 0.452 e. The van der Waals surface area contributed by atoms with Crippen molar-refractivity contribution >= 4 is 35.4 Å². The average Bonchev–Trinajstić information content (AvgIpc) is 2.67. The van der Waals surface area contributed by atoms with E-state index in [9.17, 15) is 19.2 Å². The zero-order valence-corrected chi connectivity index (χ0v) is 16.3. The van der Waals surface area contributed by atoms with E-state index in [0.717, 1.165) is 0 Å². The molecule has 152 valence electrons. The lowest BCUT2D eigenvalue weighted by atomic mass is 10.0. The highest BCUT2D eigenvalue weighted by atomic mass is 35.5. The van der Waals surface area contributed by atoms with E-state index in [4.69, 9.17) is 22.1 Å². The van der Waals surface area contributed by atoms with Gasteiger partial charge in [-0.25, -0.2) is 4.79 Å². The van der Waals surface area contributed by atoms with Crippen molar-refractivity contribution in [2.45, 2.75) is 25.5 Å². The van der Waals surface area contributed by atoms with Crippen LogP contribution in [-0.2, 0) is 14.3 Å². The van der Waals surface area contributed by atoms with Gasteiger partial charge in [-0.15, -0.1) is 0 Å². The maximum atomic E-state index is 12.6. The molecule has 4 N–H and O–H groups in total. The van der Waals surface area contributed by atoms with E-state index < -0.39 is 36.0 Å². The molecule has 2 atom stereocenters. The van der Waals surface area contributed by atoms with Crippen LogP contribution in [0.5, 0.6) is 0 Å². The molecule has 4 amide bonds. The third-order valence-corrected chi connectivity index (χ3v) is 4.25. The van der Waals surface area contributed by atoms with Crippen LogP contribution in [0.15, 0.2) is 54.6 Å². The van der Waals surface area contributed by atoms with Gasteiger partial charge in [-0.05, 0) is 24.6 Å². The number of nitrogens with one attached hydrogen (secondary N) is 2. The number of ether oxygens (including phenoxy) is 1. The molecule has 8 nitrogen and oxygen atoms in total. The van der Waals surface area contributed by atoms with Gasteiger partial charge in [-0.1, -0.05) is 54.1 Å². The van der Waals surface area contributed by atoms with Crippen molar-refractivity contribution in [2.24, 2.45) is 5.73 Å². The second kappa shape index (κ2) is 10.2. The van der Waals surface area contributed by atoms with E-state index in [2.05, 4.69) is 5.32 Å². The number of halogens is 1. The summed E-state index contributed by atoms with van der Waals surface area (Å²) in [4.78, 5) is 47.3. The number of urea groups is 1. The normalized spacial score (nSPS) is 12.3. The number of nitrogens with two attached hydrogens (primary N) is 1. The first-order chi connectivity index (χ1) is 13.8. The van der Waals surface area contributed by atoms with Crippen molar-refractivity contribution in [1.82, 2.24) is 10.6 Å². The summed E-state index contributed by atoms with van der Waals surface area (Å²) < 4.78 is 5.04. The third kappa shape index (κ3) is 6.62. The van der Waals surface area contributed by atoms with E-state index in [0.29, 0.717) is 5.56 Å². The van der Waals surface area contributed by atoms with Gasteiger partial charge in [0.2, 0.25) is 0 Å². The zero-order chi connectivity index (χ0) is 21.4. The zero-order valence-electron chi connectivity index (χ0n) is 15.6. The summed E-state index contributed by atoms with van der Waals surface area (Å²) in [6, 6.07) is 13.6. The first-order valence-corrected chi connectivity index (χ1v) is 9.06. The van der Waals surface area contributed by atoms with Gasteiger partial charge in [0.05, 0.1) is 23.0 Å². The van der Waals surface area contributed by atoms with E-state index in [1.165, 1.54) is 6.92 Å². The van der Waals surface area contributed by atoms with Crippen molar-refractivity contribution in [2.75, 3.05) is 0 Å². The molecule has 0 unspecified atom stereocenters. The number of esters is 1. The Labute approximate surface area is 172 Å². The van der Waals surface area contributed by atoms with Gasteiger partial charge < -0.3 is 15.8 Å². The Morgan fingerprint density at radius 2 is 1.66 bits per heavy atom. The summed E-state index contributed by atoms with van der Waals surface area (Å²) in [6.45, 7) is 1.30. The third-order valence-electron chi connectivity index (χ3n) is 3.92. The van der Waals surface area contributed by atoms with Gasteiger partial charge in [-0.3, -0.25) is 19.7 Å². The van der Waals surface area contributed by atoms with Crippen molar-refractivity contribution in [3.8, 4) is 0 Å². The maximum Gasteiger partial charge on any atom is 0.318 e. The monoisotopic (exact) mass is 417 g/mol. The predicted molar refractivity (Wildman–Crippen MR) is 106 cm³/mol. The van der Waals surface area contributed by atoms with Crippen LogP contribution in [0.4, 0.5) is 4.79 Å². The van der Waals surface area contributed by atoms with Crippen LogP contribution in [0, 0.1) is 0 Å². The second-order valence-electron chi connectivity index (χ2n) is 6.11. The molecule has 0 fully saturated rings. The summed E-state index contributed by atoms with van der Waals surface area (Å²) in [5, 5.41) is 4.86. The van der Waals surface area contributed by atoms with Crippen LogP contribution < -0.4 is 16.4 Å². The van der Waals surface area contributed by atoms with Gasteiger partial charge in [-0.2, -0.15) is 0 Å². The SMILES string of the molecule is C[C@H](OC(=O)C[C@H](NC(=O)c1ccccc1Cl)c1ccccc1)C(=O)NC(N)=O. The summed E-state index contributed by atoms with van der Waals surface area (Å²) in [5.74, 6) is -2.05. The van der Waals surface area contributed by atoms with Crippen LogP contribution >= 0.6 is 11.6 Å². The standard InChI is InChI=1S/C20H20ClN3O5/c1-12(18(26)24-20(22)28)29-17(25)11-16(13-7-3-2-4-8-13)23-19(27)14-9-5-6-10-15(14)21/h2-10,12,16H,11H2,1H3,(H,23,27)(H3,22,24,26,28)/t12-,16-/m0/s1. The number of hydrogen-bond acceptors (Lipinski definition) is 5. The van der Waals surface area contributed by atoms with E-state index in [1.807, 2.05) is 5.32 Å². The summed E-state index contributed by atoms with van der Waals surface area (Å²) in [7, 11) is 0. The molecule has 0 aromatic heterocycles. The molecule has 0 aliphatic rings. The van der Waals surface area contributed by atoms with Crippen molar-refractivity contribution in [3.63, 3.8) is 0 Å². The highest BCUT2D eigenvalue weighted by molar-refractivity contribution is 6.33. The number of hydrogen-bond donors (Lipinski definition) is 3. The van der Waals surface area contributed by atoms with E-state index >= 15 is 0 Å². The fraction of sp³-hybridized carbons (Fsp3) is 0.200. The molecule has 0 aliphatic carbocycles. The lowest BCUT2D eigenvalue weighted by Crippen LogP contribution is -2.42. The van der Waals surface area contributed by atoms with Gasteiger partial charge in [0.1, 0.15) is 0 Å². The predicted octanol–water partition coefficient (Wildman–Crippen LogP) is 2.33. The molecule has 0 saturated carbocycles. The van der Waals surface area contributed by atoms with Crippen LogP contribution in [-0.4, -0.2) is 29.9 Å². The Hall–Kier alpha value is -3.39. The minimum atomic E-state index is -1.23. The van der Waals surface area contributed by atoms with Crippen LogP contribution in [0.3, 0.4) is 0 Å². The van der Waals surface area contributed by atoms with Crippen LogP contribution in [0.2, 0.25) is 5.02 Å². The molecule has 0 spiro atoms. The number of rotatable bonds is 7. The first kappa shape index (κ1) is 21.9. The van der Waals surface area contributed by atoms with Gasteiger partial charge in [0, 0.05) is 0 Å². The lowest BCUT2D eigenvalue weighted by Gasteiger charge is -2.20. The minimum absolute atomic E-state index is 0.242. The molecule has 2 aromatic carbocycles. The van der Waals surface area contributed by atoms with Crippen molar-refractivity contribution in [1.29, 1.82) is 0 Å². The Balaban J connectivity index is 2.12. The summed E-state index contributed by atoms with van der Waals surface area (Å²) in [5.41, 5.74) is 5.80. The molecule has 0 aliphatic heterocycles. The second-order valence-corrected chi connectivity index (χ2v) is 6.51. The van der Waals surface area contributed by atoms with Crippen LogP contribution in [0.25, 0.3) is 0 Å². The fourth-order valence-corrected chi connectivity index (χ4v) is 2.73. The fourth-order valence-electron chi connectivity index (χ4n) is 2.51. The molecule has 0 saturated heterocycles. The number of carbonyl (C=O) groups excluding carboxylic acids is 4. The van der Waals surface area contributed by atoms with E-state index in [-0.39, 0.29) is 17.0 Å². The molecular weight excluding hydrogens is 398 g/mol.